The molecule has 0 saturated heterocycles. The fourth-order valence-electron chi connectivity index (χ4n) is 2.52. The molecule has 0 spiro atoms. The third kappa shape index (κ3) is 3.41. The van der Waals surface area contributed by atoms with E-state index in [2.05, 4.69) is 15.6 Å². The van der Waals surface area contributed by atoms with Crippen LogP contribution in [0.4, 0.5) is 16.5 Å². The molecule has 0 bridgehead atoms. The Morgan fingerprint density at radius 2 is 2.00 bits per heavy atom. The predicted octanol–water partition coefficient (Wildman–Crippen LogP) is 4.24. The van der Waals surface area contributed by atoms with Crippen molar-refractivity contribution in [3.8, 4) is 22.8 Å². The van der Waals surface area contributed by atoms with E-state index >= 15 is 0 Å². The number of hydrogen-bond donors (Lipinski definition) is 2. The minimum Gasteiger partial charge on any atom is -0.454 e. The third-order valence-electron chi connectivity index (χ3n) is 3.61. The van der Waals surface area contributed by atoms with E-state index in [1.165, 1.54) is 18.3 Å². The SMILES string of the molecule is CC(=O)Nc1cccc(-c2csc(Nc3ccc4c(c3)OCO4)n2)c1. The summed E-state index contributed by atoms with van der Waals surface area (Å²) >= 11 is 1.51. The molecule has 25 heavy (non-hydrogen) atoms. The molecule has 126 valence electrons. The van der Waals surface area contributed by atoms with Crippen molar-refractivity contribution in [2.45, 2.75) is 6.92 Å². The van der Waals surface area contributed by atoms with Gasteiger partial charge in [-0.25, -0.2) is 4.98 Å². The van der Waals surface area contributed by atoms with Gasteiger partial charge < -0.3 is 20.1 Å². The Hall–Kier alpha value is -3.06. The molecule has 1 amide bonds. The monoisotopic (exact) mass is 353 g/mol. The normalized spacial score (nSPS) is 12.0. The number of aromatic nitrogens is 1. The Morgan fingerprint density at radius 3 is 2.88 bits per heavy atom. The van der Waals surface area contributed by atoms with Crippen LogP contribution in [-0.2, 0) is 4.79 Å². The molecular formula is C18H15N3O3S. The lowest BCUT2D eigenvalue weighted by Crippen LogP contribution is -2.05. The molecule has 2 heterocycles. The summed E-state index contributed by atoms with van der Waals surface area (Å²) in [5, 5.41) is 8.80. The lowest BCUT2D eigenvalue weighted by Gasteiger charge is -2.05. The summed E-state index contributed by atoms with van der Waals surface area (Å²) in [6, 6.07) is 13.3. The second-order valence-electron chi connectivity index (χ2n) is 5.49. The Morgan fingerprint density at radius 1 is 1.12 bits per heavy atom. The first kappa shape index (κ1) is 15.5. The van der Waals surface area contributed by atoms with Crippen molar-refractivity contribution < 1.29 is 14.3 Å². The first-order chi connectivity index (χ1) is 12.2. The van der Waals surface area contributed by atoms with Crippen molar-refractivity contribution in [3.63, 3.8) is 0 Å². The van der Waals surface area contributed by atoms with Crippen LogP contribution in [0.15, 0.2) is 47.8 Å². The first-order valence-corrected chi connectivity index (χ1v) is 8.55. The van der Waals surface area contributed by atoms with E-state index in [0.29, 0.717) is 0 Å². The smallest absolute Gasteiger partial charge is 0.231 e. The molecule has 1 aromatic heterocycles. The number of benzene rings is 2. The van der Waals surface area contributed by atoms with Gasteiger partial charge in [-0.3, -0.25) is 4.79 Å². The number of rotatable bonds is 4. The number of hydrogen-bond acceptors (Lipinski definition) is 6. The quantitative estimate of drug-likeness (QED) is 0.734. The zero-order valence-electron chi connectivity index (χ0n) is 13.4. The molecule has 1 aliphatic rings. The number of anilines is 3. The molecule has 2 aromatic carbocycles. The molecule has 4 rings (SSSR count). The van der Waals surface area contributed by atoms with Gasteiger partial charge in [0.2, 0.25) is 12.7 Å². The summed E-state index contributed by atoms with van der Waals surface area (Å²) < 4.78 is 10.7. The number of fused-ring (bicyclic) bond motifs is 1. The lowest BCUT2D eigenvalue weighted by molar-refractivity contribution is -0.114. The lowest BCUT2D eigenvalue weighted by atomic mass is 10.1. The van der Waals surface area contributed by atoms with Crippen LogP contribution in [-0.4, -0.2) is 17.7 Å². The van der Waals surface area contributed by atoms with Gasteiger partial charge in [0.15, 0.2) is 16.6 Å². The van der Waals surface area contributed by atoms with E-state index in [1.54, 1.807) is 0 Å². The van der Waals surface area contributed by atoms with Gasteiger partial charge in [0.25, 0.3) is 0 Å². The summed E-state index contributed by atoms with van der Waals surface area (Å²) in [4.78, 5) is 15.8. The van der Waals surface area contributed by atoms with Gasteiger partial charge in [0, 0.05) is 35.3 Å². The van der Waals surface area contributed by atoms with Crippen LogP contribution < -0.4 is 20.1 Å². The largest absolute Gasteiger partial charge is 0.454 e. The van der Waals surface area contributed by atoms with Gasteiger partial charge >= 0.3 is 0 Å². The Balaban J connectivity index is 1.53. The highest BCUT2D eigenvalue weighted by molar-refractivity contribution is 7.14. The molecular weight excluding hydrogens is 338 g/mol. The van der Waals surface area contributed by atoms with Crippen molar-refractivity contribution in [1.82, 2.24) is 4.98 Å². The van der Waals surface area contributed by atoms with Gasteiger partial charge in [0.1, 0.15) is 0 Å². The summed E-state index contributed by atoms with van der Waals surface area (Å²) in [6.45, 7) is 1.74. The Bertz CT molecular complexity index is 939. The summed E-state index contributed by atoms with van der Waals surface area (Å²) in [7, 11) is 0. The average Bonchev–Trinajstić information content (AvgIpc) is 3.23. The molecule has 0 radical (unpaired) electrons. The molecule has 3 aromatic rings. The number of ether oxygens (including phenoxy) is 2. The van der Waals surface area contributed by atoms with Gasteiger partial charge in [0.05, 0.1) is 5.69 Å². The maximum atomic E-state index is 11.2. The highest BCUT2D eigenvalue weighted by Gasteiger charge is 2.14. The Kier molecular flexibility index (Phi) is 3.99. The van der Waals surface area contributed by atoms with Crippen molar-refractivity contribution in [2.75, 3.05) is 17.4 Å². The summed E-state index contributed by atoms with van der Waals surface area (Å²) in [5.74, 6) is 1.38. The highest BCUT2D eigenvalue weighted by Crippen LogP contribution is 2.36. The van der Waals surface area contributed by atoms with Crippen LogP contribution in [0, 0.1) is 0 Å². The van der Waals surface area contributed by atoms with Crippen molar-refractivity contribution in [2.24, 2.45) is 0 Å². The van der Waals surface area contributed by atoms with Crippen LogP contribution in [0.25, 0.3) is 11.3 Å². The molecule has 7 heteroatoms. The zero-order chi connectivity index (χ0) is 17.2. The zero-order valence-corrected chi connectivity index (χ0v) is 14.2. The first-order valence-electron chi connectivity index (χ1n) is 7.67. The standard InChI is InChI=1S/C18H15N3O3S/c1-11(22)19-13-4-2-3-12(7-13)15-9-25-18(21-15)20-14-5-6-16-17(8-14)24-10-23-16/h2-9H,10H2,1H3,(H,19,22)(H,20,21). The van der Waals surface area contributed by atoms with E-state index < -0.39 is 0 Å². The van der Waals surface area contributed by atoms with Crippen molar-refractivity contribution >= 4 is 33.8 Å². The average molecular weight is 353 g/mol. The van der Waals surface area contributed by atoms with Crippen LogP contribution in [0.3, 0.4) is 0 Å². The fourth-order valence-corrected chi connectivity index (χ4v) is 3.26. The maximum Gasteiger partial charge on any atom is 0.231 e. The number of nitrogens with zero attached hydrogens (tertiary/aromatic N) is 1. The van der Waals surface area contributed by atoms with E-state index in [1.807, 2.05) is 47.8 Å². The fraction of sp³-hybridized carbons (Fsp3) is 0.111. The number of amides is 1. The van der Waals surface area contributed by atoms with Crippen LogP contribution in [0.1, 0.15) is 6.92 Å². The van der Waals surface area contributed by atoms with Crippen LogP contribution in [0.2, 0.25) is 0 Å². The van der Waals surface area contributed by atoms with Gasteiger partial charge in [-0.2, -0.15) is 0 Å². The minimum atomic E-state index is -0.0967. The van der Waals surface area contributed by atoms with Crippen LogP contribution >= 0.6 is 11.3 Å². The van der Waals surface area contributed by atoms with Gasteiger partial charge in [-0.1, -0.05) is 12.1 Å². The third-order valence-corrected chi connectivity index (χ3v) is 4.36. The molecule has 0 unspecified atom stereocenters. The molecule has 0 fully saturated rings. The molecule has 1 aliphatic heterocycles. The molecule has 0 atom stereocenters. The van der Waals surface area contributed by atoms with Crippen molar-refractivity contribution in [3.05, 3.63) is 47.8 Å². The van der Waals surface area contributed by atoms with E-state index in [-0.39, 0.29) is 12.7 Å². The molecule has 2 N–H and O–H groups in total. The molecule has 6 nitrogen and oxygen atoms in total. The predicted molar refractivity (Wildman–Crippen MR) is 97.7 cm³/mol. The summed E-state index contributed by atoms with van der Waals surface area (Å²) in [6.07, 6.45) is 0. The second-order valence-corrected chi connectivity index (χ2v) is 6.35. The molecule has 0 saturated carbocycles. The number of nitrogens with one attached hydrogen (secondary N) is 2. The minimum absolute atomic E-state index is 0.0967. The molecule has 0 aliphatic carbocycles. The number of carbonyl (C=O) groups excluding carboxylic acids is 1. The van der Waals surface area contributed by atoms with Gasteiger partial charge in [-0.15, -0.1) is 11.3 Å². The number of thiazole rings is 1. The summed E-state index contributed by atoms with van der Waals surface area (Å²) in [5.41, 5.74) is 3.43. The van der Waals surface area contributed by atoms with E-state index in [9.17, 15) is 4.79 Å². The van der Waals surface area contributed by atoms with Crippen LogP contribution in [0.5, 0.6) is 11.5 Å². The van der Waals surface area contributed by atoms with Gasteiger partial charge in [-0.05, 0) is 24.3 Å². The highest BCUT2D eigenvalue weighted by atomic mass is 32.1. The van der Waals surface area contributed by atoms with Crippen molar-refractivity contribution in [1.29, 1.82) is 0 Å². The topological polar surface area (TPSA) is 72.5 Å². The Labute approximate surface area is 148 Å². The maximum absolute atomic E-state index is 11.2. The second kappa shape index (κ2) is 6.45. The van der Waals surface area contributed by atoms with E-state index in [0.717, 1.165) is 39.3 Å². The van der Waals surface area contributed by atoms with E-state index in [4.69, 9.17) is 9.47 Å². The number of carbonyl (C=O) groups is 1.